The van der Waals surface area contributed by atoms with Crippen molar-refractivity contribution in [3.05, 3.63) is 65.7 Å². The lowest BCUT2D eigenvalue weighted by Gasteiger charge is -2.31. The highest BCUT2D eigenvalue weighted by molar-refractivity contribution is 5.87. The molecule has 0 saturated heterocycles. The van der Waals surface area contributed by atoms with Gasteiger partial charge in [-0.25, -0.2) is 0 Å². The molecule has 0 radical (unpaired) electrons. The van der Waals surface area contributed by atoms with Crippen molar-refractivity contribution in [1.82, 2.24) is 10.2 Å². The van der Waals surface area contributed by atoms with E-state index in [-0.39, 0.29) is 11.8 Å². The SMILES string of the molecule is CCCCNC(=O)C(CC)N(Cc1ccc(C)cc1)C(=O)CCCOc1ccccc1. The predicted octanol–water partition coefficient (Wildman–Crippen LogP) is 4.88. The van der Waals surface area contributed by atoms with Gasteiger partial charge in [0.2, 0.25) is 11.8 Å². The van der Waals surface area contributed by atoms with Gasteiger partial charge < -0.3 is 15.0 Å². The van der Waals surface area contributed by atoms with E-state index in [0.29, 0.717) is 39.0 Å². The van der Waals surface area contributed by atoms with Crippen molar-refractivity contribution < 1.29 is 14.3 Å². The molecule has 2 amide bonds. The third kappa shape index (κ3) is 8.44. The molecule has 2 rings (SSSR count). The van der Waals surface area contributed by atoms with Gasteiger partial charge in [0.05, 0.1) is 6.61 Å². The molecule has 0 bridgehead atoms. The smallest absolute Gasteiger partial charge is 0.242 e. The zero-order valence-electron chi connectivity index (χ0n) is 19.1. The topological polar surface area (TPSA) is 58.6 Å². The molecule has 0 aliphatic rings. The molecule has 0 aliphatic heterocycles. The number of hydrogen-bond acceptors (Lipinski definition) is 3. The minimum absolute atomic E-state index is 0.0188. The Morgan fingerprint density at radius 3 is 2.35 bits per heavy atom. The lowest BCUT2D eigenvalue weighted by molar-refractivity contribution is -0.141. The van der Waals surface area contributed by atoms with E-state index >= 15 is 0 Å². The molecule has 0 saturated carbocycles. The Morgan fingerprint density at radius 2 is 1.71 bits per heavy atom. The number of aryl methyl sites for hydroxylation is 1. The van der Waals surface area contributed by atoms with Crippen LogP contribution in [0.25, 0.3) is 0 Å². The van der Waals surface area contributed by atoms with Crippen LogP contribution >= 0.6 is 0 Å². The first-order valence-corrected chi connectivity index (χ1v) is 11.4. The fourth-order valence-corrected chi connectivity index (χ4v) is 3.39. The summed E-state index contributed by atoms with van der Waals surface area (Å²) >= 11 is 0. The fraction of sp³-hybridized carbons (Fsp3) is 0.462. The van der Waals surface area contributed by atoms with Crippen LogP contribution in [-0.2, 0) is 16.1 Å². The Balaban J connectivity index is 2.02. The van der Waals surface area contributed by atoms with Crippen molar-refractivity contribution in [1.29, 1.82) is 0 Å². The van der Waals surface area contributed by atoms with E-state index in [0.717, 1.165) is 24.2 Å². The summed E-state index contributed by atoms with van der Waals surface area (Å²) in [6, 6.07) is 17.2. The van der Waals surface area contributed by atoms with Gasteiger partial charge in [-0.2, -0.15) is 0 Å². The lowest BCUT2D eigenvalue weighted by atomic mass is 10.1. The van der Waals surface area contributed by atoms with Crippen molar-refractivity contribution in [2.45, 2.75) is 65.5 Å². The summed E-state index contributed by atoms with van der Waals surface area (Å²) in [7, 11) is 0. The Morgan fingerprint density at radius 1 is 1.00 bits per heavy atom. The van der Waals surface area contributed by atoms with Gasteiger partial charge in [-0.3, -0.25) is 9.59 Å². The average Bonchev–Trinajstić information content (AvgIpc) is 2.78. The van der Waals surface area contributed by atoms with Gasteiger partial charge in [0.25, 0.3) is 0 Å². The molecule has 1 N–H and O–H groups in total. The number of nitrogens with one attached hydrogen (secondary N) is 1. The van der Waals surface area contributed by atoms with Crippen molar-refractivity contribution in [2.75, 3.05) is 13.2 Å². The Bertz CT molecular complexity index is 790. The summed E-state index contributed by atoms with van der Waals surface area (Å²) in [5.41, 5.74) is 2.20. The third-order valence-electron chi connectivity index (χ3n) is 5.24. The van der Waals surface area contributed by atoms with Crippen LogP contribution in [0.1, 0.15) is 57.1 Å². The van der Waals surface area contributed by atoms with Gasteiger partial charge in [0.1, 0.15) is 11.8 Å². The van der Waals surface area contributed by atoms with E-state index in [4.69, 9.17) is 4.74 Å². The molecule has 5 heteroatoms. The quantitative estimate of drug-likeness (QED) is 0.466. The maximum Gasteiger partial charge on any atom is 0.242 e. The number of benzene rings is 2. The number of para-hydroxylation sites is 1. The molecule has 2 aromatic carbocycles. The van der Waals surface area contributed by atoms with E-state index in [9.17, 15) is 9.59 Å². The summed E-state index contributed by atoms with van der Waals surface area (Å²) in [5.74, 6) is 0.708. The minimum atomic E-state index is -0.472. The number of carbonyl (C=O) groups excluding carboxylic acids is 2. The molecular formula is C26H36N2O3. The molecule has 0 heterocycles. The van der Waals surface area contributed by atoms with E-state index < -0.39 is 6.04 Å². The lowest BCUT2D eigenvalue weighted by Crippen LogP contribution is -2.49. The molecular weight excluding hydrogens is 388 g/mol. The second-order valence-corrected chi connectivity index (χ2v) is 7.84. The van der Waals surface area contributed by atoms with E-state index in [1.165, 1.54) is 5.56 Å². The van der Waals surface area contributed by atoms with Gasteiger partial charge in [0.15, 0.2) is 0 Å². The molecule has 31 heavy (non-hydrogen) atoms. The minimum Gasteiger partial charge on any atom is -0.494 e. The molecule has 1 atom stereocenters. The summed E-state index contributed by atoms with van der Waals surface area (Å²) < 4.78 is 5.72. The molecule has 5 nitrogen and oxygen atoms in total. The van der Waals surface area contributed by atoms with Crippen LogP contribution in [0.3, 0.4) is 0 Å². The summed E-state index contributed by atoms with van der Waals surface area (Å²) in [4.78, 5) is 27.7. The molecule has 0 aromatic heterocycles. The van der Waals surface area contributed by atoms with Crippen LogP contribution in [0.2, 0.25) is 0 Å². The summed E-state index contributed by atoms with van der Waals surface area (Å²) in [6.07, 6.45) is 3.48. The first kappa shape index (κ1) is 24.4. The van der Waals surface area contributed by atoms with Gasteiger partial charge in [-0.05, 0) is 43.9 Å². The number of nitrogens with zero attached hydrogens (tertiary/aromatic N) is 1. The predicted molar refractivity (Wildman–Crippen MR) is 125 cm³/mol. The Kier molecular flexibility index (Phi) is 10.6. The molecule has 168 valence electrons. The second-order valence-electron chi connectivity index (χ2n) is 7.84. The third-order valence-corrected chi connectivity index (χ3v) is 5.24. The highest BCUT2D eigenvalue weighted by Crippen LogP contribution is 2.16. The van der Waals surface area contributed by atoms with Crippen LogP contribution in [0.4, 0.5) is 0 Å². The van der Waals surface area contributed by atoms with E-state index in [2.05, 4.69) is 12.2 Å². The van der Waals surface area contributed by atoms with Crippen LogP contribution in [0, 0.1) is 6.92 Å². The molecule has 0 spiro atoms. The monoisotopic (exact) mass is 424 g/mol. The van der Waals surface area contributed by atoms with Gasteiger partial charge in [-0.1, -0.05) is 68.3 Å². The van der Waals surface area contributed by atoms with Gasteiger partial charge in [0, 0.05) is 19.5 Å². The van der Waals surface area contributed by atoms with Crippen molar-refractivity contribution in [3.8, 4) is 5.75 Å². The highest BCUT2D eigenvalue weighted by Gasteiger charge is 2.28. The molecule has 0 aliphatic carbocycles. The second kappa shape index (κ2) is 13.5. The highest BCUT2D eigenvalue weighted by atomic mass is 16.5. The molecule has 2 aromatic rings. The number of amides is 2. The van der Waals surface area contributed by atoms with Crippen molar-refractivity contribution in [3.63, 3.8) is 0 Å². The van der Waals surface area contributed by atoms with Crippen LogP contribution in [0.15, 0.2) is 54.6 Å². The fourth-order valence-electron chi connectivity index (χ4n) is 3.39. The Hall–Kier alpha value is -2.82. The van der Waals surface area contributed by atoms with Crippen molar-refractivity contribution >= 4 is 11.8 Å². The molecule has 1 unspecified atom stereocenters. The Labute approximate surface area is 186 Å². The zero-order valence-corrected chi connectivity index (χ0v) is 19.1. The maximum atomic E-state index is 13.2. The van der Waals surface area contributed by atoms with Gasteiger partial charge >= 0.3 is 0 Å². The first-order valence-electron chi connectivity index (χ1n) is 11.4. The number of unbranched alkanes of at least 4 members (excludes halogenated alkanes) is 1. The normalized spacial score (nSPS) is 11.6. The van der Waals surface area contributed by atoms with Gasteiger partial charge in [-0.15, -0.1) is 0 Å². The molecule has 0 fully saturated rings. The first-order chi connectivity index (χ1) is 15.0. The van der Waals surface area contributed by atoms with E-state index in [1.54, 1.807) is 4.90 Å². The van der Waals surface area contributed by atoms with E-state index in [1.807, 2.05) is 68.4 Å². The number of carbonyl (C=O) groups is 2. The zero-order chi connectivity index (χ0) is 22.5. The largest absolute Gasteiger partial charge is 0.494 e. The van der Waals surface area contributed by atoms with Crippen LogP contribution in [-0.4, -0.2) is 35.9 Å². The van der Waals surface area contributed by atoms with Crippen LogP contribution < -0.4 is 10.1 Å². The number of ether oxygens (including phenoxy) is 1. The maximum absolute atomic E-state index is 13.2. The standard InChI is InChI=1S/C26H36N2O3/c1-4-6-18-27-26(30)24(5-2)28(20-22-16-14-21(3)15-17-22)25(29)13-10-19-31-23-11-8-7-9-12-23/h7-9,11-12,14-17,24H,4-6,10,13,18-20H2,1-3H3,(H,27,30). The summed E-state index contributed by atoms with van der Waals surface area (Å²) in [5, 5.41) is 3.00. The average molecular weight is 425 g/mol. The summed E-state index contributed by atoms with van der Waals surface area (Å²) in [6.45, 7) is 7.62. The number of hydrogen-bond donors (Lipinski definition) is 1. The van der Waals surface area contributed by atoms with Crippen LogP contribution in [0.5, 0.6) is 5.75 Å². The number of rotatable bonds is 13. The van der Waals surface area contributed by atoms with Crippen molar-refractivity contribution in [2.24, 2.45) is 0 Å².